The zero-order chi connectivity index (χ0) is 25.0. The number of aryl methyl sites for hydroxylation is 1. The number of benzene rings is 2. The molecule has 2 aliphatic rings. The van der Waals surface area contributed by atoms with Crippen molar-refractivity contribution in [2.45, 2.75) is 45.7 Å². The van der Waals surface area contributed by atoms with Crippen LogP contribution in [0.15, 0.2) is 60.9 Å². The highest BCUT2D eigenvalue weighted by atomic mass is 16.6. The van der Waals surface area contributed by atoms with Crippen LogP contribution in [0.3, 0.4) is 0 Å². The van der Waals surface area contributed by atoms with E-state index >= 15 is 0 Å². The molecular formula is C28H27N5O3. The number of para-hydroxylation sites is 1. The summed E-state index contributed by atoms with van der Waals surface area (Å²) in [7, 11) is 0. The largest absolute Gasteiger partial charge is 0.419 e. The maximum atomic E-state index is 13.6. The summed E-state index contributed by atoms with van der Waals surface area (Å²) in [5, 5.41) is 5.41. The molecule has 182 valence electrons. The van der Waals surface area contributed by atoms with Crippen molar-refractivity contribution in [3.05, 3.63) is 66.6 Å². The smallest absolute Gasteiger partial charge is 0.408 e. The monoisotopic (exact) mass is 481 g/mol. The predicted molar refractivity (Wildman–Crippen MR) is 138 cm³/mol. The first kappa shape index (κ1) is 22.3. The molecule has 1 fully saturated rings. The molecule has 0 radical (unpaired) electrons. The molecule has 8 heteroatoms. The van der Waals surface area contributed by atoms with Crippen LogP contribution < -0.4 is 14.5 Å². The molecule has 3 heterocycles. The molecule has 0 unspecified atom stereocenters. The third kappa shape index (κ3) is 3.88. The number of ether oxygens (including phenoxy) is 1. The Morgan fingerprint density at radius 1 is 1.03 bits per heavy atom. The summed E-state index contributed by atoms with van der Waals surface area (Å²) >= 11 is 0. The van der Waals surface area contributed by atoms with Crippen LogP contribution in [0.2, 0.25) is 0 Å². The van der Waals surface area contributed by atoms with Gasteiger partial charge >= 0.3 is 6.09 Å². The summed E-state index contributed by atoms with van der Waals surface area (Å²) in [6.07, 6.45) is 5.69. The second kappa shape index (κ2) is 8.48. The second-order valence-corrected chi connectivity index (χ2v) is 9.64. The first-order chi connectivity index (χ1) is 17.4. The minimum Gasteiger partial charge on any atom is -0.408 e. The minimum absolute atomic E-state index is 0.0696. The number of carbonyl (C=O) groups excluding carboxylic acids is 2. The highest BCUT2D eigenvalue weighted by Crippen LogP contribution is 2.40. The molecule has 2 aromatic heterocycles. The Kier molecular flexibility index (Phi) is 5.25. The van der Waals surface area contributed by atoms with Crippen molar-refractivity contribution in [1.29, 1.82) is 0 Å². The summed E-state index contributed by atoms with van der Waals surface area (Å²) in [6.45, 7) is 5.70. The van der Waals surface area contributed by atoms with Gasteiger partial charge in [0.2, 0.25) is 5.91 Å². The molecule has 36 heavy (non-hydrogen) atoms. The summed E-state index contributed by atoms with van der Waals surface area (Å²) < 4.78 is 7.92. The van der Waals surface area contributed by atoms with E-state index in [0.717, 1.165) is 35.0 Å². The van der Waals surface area contributed by atoms with Crippen LogP contribution in [0, 0.1) is 6.92 Å². The fourth-order valence-corrected chi connectivity index (χ4v) is 4.93. The molecule has 2 aromatic carbocycles. The van der Waals surface area contributed by atoms with E-state index < -0.39 is 6.09 Å². The van der Waals surface area contributed by atoms with Crippen LogP contribution in [0.5, 0.6) is 5.75 Å². The van der Waals surface area contributed by atoms with Gasteiger partial charge < -0.3 is 9.64 Å². The SMILES string of the molecule is CC(=O)N1c2ccc(-c3cnn(C4CC4)c3)cc2N(C(=O)Oc2cccc3ccc(C)nc23)C[C@@H]1C. The first-order valence-corrected chi connectivity index (χ1v) is 12.2. The summed E-state index contributed by atoms with van der Waals surface area (Å²) in [5.41, 5.74) is 4.70. The maximum absolute atomic E-state index is 13.6. The highest BCUT2D eigenvalue weighted by Gasteiger charge is 2.35. The topological polar surface area (TPSA) is 80.6 Å². The number of hydrogen-bond acceptors (Lipinski definition) is 5. The zero-order valence-corrected chi connectivity index (χ0v) is 20.5. The van der Waals surface area contributed by atoms with Crippen LogP contribution in [0.25, 0.3) is 22.0 Å². The van der Waals surface area contributed by atoms with Crippen LogP contribution in [-0.4, -0.2) is 39.4 Å². The van der Waals surface area contributed by atoms with Gasteiger partial charge in [-0.1, -0.05) is 24.3 Å². The van der Waals surface area contributed by atoms with E-state index in [4.69, 9.17) is 4.74 Å². The molecule has 0 saturated heterocycles. The molecule has 1 saturated carbocycles. The number of nitrogens with zero attached hydrogens (tertiary/aromatic N) is 5. The van der Waals surface area contributed by atoms with Gasteiger partial charge in [0.05, 0.1) is 29.7 Å². The Morgan fingerprint density at radius 2 is 1.86 bits per heavy atom. The van der Waals surface area contributed by atoms with Gasteiger partial charge in [0.1, 0.15) is 5.52 Å². The lowest BCUT2D eigenvalue weighted by Gasteiger charge is -2.40. The van der Waals surface area contributed by atoms with Gasteiger partial charge in [-0.2, -0.15) is 5.10 Å². The number of pyridine rings is 1. The molecule has 4 aromatic rings. The molecule has 6 rings (SSSR count). The average molecular weight is 482 g/mol. The molecule has 0 N–H and O–H groups in total. The highest BCUT2D eigenvalue weighted by molar-refractivity contribution is 6.04. The number of amides is 2. The van der Waals surface area contributed by atoms with Crippen LogP contribution >= 0.6 is 0 Å². The Labute approximate surface area is 209 Å². The summed E-state index contributed by atoms with van der Waals surface area (Å²) in [5.74, 6) is 0.339. The van der Waals surface area contributed by atoms with Gasteiger partial charge in [-0.3, -0.25) is 14.4 Å². The molecule has 1 aliphatic carbocycles. The predicted octanol–water partition coefficient (Wildman–Crippen LogP) is 5.50. The van der Waals surface area contributed by atoms with E-state index in [9.17, 15) is 9.59 Å². The molecule has 1 aliphatic heterocycles. The molecule has 2 amide bonds. The van der Waals surface area contributed by atoms with Crippen molar-refractivity contribution >= 4 is 34.3 Å². The van der Waals surface area contributed by atoms with E-state index in [0.29, 0.717) is 35.2 Å². The fraction of sp³-hybridized carbons (Fsp3) is 0.286. The fourth-order valence-electron chi connectivity index (χ4n) is 4.93. The Bertz CT molecular complexity index is 1510. The van der Waals surface area contributed by atoms with Crippen molar-refractivity contribution in [3.63, 3.8) is 0 Å². The first-order valence-electron chi connectivity index (χ1n) is 12.2. The van der Waals surface area contributed by atoms with Gasteiger partial charge in [0.15, 0.2) is 5.75 Å². The molecule has 0 bridgehead atoms. The van der Waals surface area contributed by atoms with Crippen LogP contribution in [0.1, 0.15) is 38.4 Å². The maximum Gasteiger partial charge on any atom is 0.419 e. The standard InChI is InChI=1S/C28H27N5O3/c1-17-7-8-20-5-4-6-26(27(20)30-17)36-28(35)31-15-18(2)33(19(3)34)24-12-9-21(13-25(24)31)22-14-29-32(16-22)23-10-11-23/h4-9,12-14,16,18,23H,10-11,15H2,1-3H3/t18-/m0/s1. The Hall–Kier alpha value is -4.20. The Morgan fingerprint density at radius 3 is 2.64 bits per heavy atom. The summed E-state index contributed by atoms with van der Waals surface area (Å²) in [6, 6.07) is 15.5. The van der Waals surface area contributed by atoms with Crippen molar-refractivity contribution < 1.29 is 14.3 Å². The Balaban J connectivity index is 1.39. The third-order valence-electron chi connectivity index (χ3n) is 6.85. The van der Waals surface area contributed by atoms with Gasteiger partial charge in [0, 0.05) is 36.3 Å². The van der Waals surface area contributed by atoms with E-state index in [1.54, 1.807) is 22.8 Å². The van der Waals surface area contributed by atoms with E-state index in [2.05, 4.69) is 10.1 Å². The minimum atomic E-state index is -0.507. The van der Waals surface area contributed by atoms with Crippen molar-refractivity contribution in [1.82, 2.24) is 14.8 Å². The quantitative estimate of drug-likeness (QED) is 0.386. The van der Waals surface area contributed by atoms with Crippen LogP contribution in [-0.2, 0) is 4.79 Å². The average Bonchev–Trinajstić information content (AvgIpc) is 3.59. The molecule has 0 spiro atoms. The number of fused-ring (bicyclic) bond motifs is 2. The number of aromatic nitrogens is 3. The molecule has 8 nitrogen and oxygen atoms in total. The van der Waals surface area contributed by atoms with Crippen molar-refractivity contribution in [2.75, 3.05) is 16.3 Å². The number of hydrogen-bond donors (Lipinski definition) is 0. The zero-order valence-electron chi connectivity index (χ0n) is 20.5. The van der Waals surface area contributed by atoms with Crippen molar-refractivity contribution in [2.24, 2.45) is 0 Å². The molecular weight excluding hydrogens is 454 g/mol. The lowest BCUT2D eigenvalue weighted by atomic mass is 10.0. The van der Waals surface area contributed by atoms with Gasteiger partial charge in [-0.25, -0.2) is 9.78 Å². The lowest BCUT2D eigenvalue weighted by molar-refractivity contribution is -0.117. The van der Waals surface area contributed by atoms with E-state index in [-0.39, 0.29) is 11.9 Å². The van der Waals surface area contributed by atoms with Crippen molar-refractivity contribution in [3.8, 4) is 16.9 Å². The van der Waals surface area contributed by atoms with E-state index in [1.807, 2.05) is 73.4 Å². The lowest BCUT2D eigenvalue weighted by Crippen LogP contribution is -2.52. The number of carbonyl (C=O) groups is 2. The summed E-state index contributed by atoms with van der Waals surface area (Å²) in [4.78, 5) is 34.0. The van der Waals surface area contributed by atoms with E-state index in [1.165, 1.54) is 0 Å². The van der Waals surface area contributed by atoms with Gasteiger partial charge in [-0.05, 0) is 56.5 Å². The third-order valence-corrected chi connectivity index (χ3v) is 6.85. The molecule has 1 atom stereocenters. The number of rotatable bonds is 3. The van der Waals surface area contributed by atoms with Gasteiger partial charge in [-0.15, -0.1) is 0 Å². The second-order valence-electron chi connectivity index (χ2n) is 9.64. The number of anilines is 2. The van der Waals surface area contributed by atoms with Crippen LogP contribution in [0.4, 0.5) is 16.2 Å². The van der Waals surface area contributed by atoms with Gasteiger partial charge in [0.25, 0.3) is 0 Å². The normalized spacial score (nSPS) is 17.2.